The molecule has 2 heterocycles. The number of furan rings is 1. The molecule has 3 rings (SSSR count). The molecule has 0 radical (unpaired) electrons. The zero-order valence-corrected chi connectivity index (χ0v) is 10.8. The molecule has 0 atom stereocenters. The Labute approximate surface area is 116 Å². The van der Waals surface area contributed by atoms with Crippen LogP contribution in [0, 0.1) is 0 Å². The Kier molecular flexibility index (Phi) is 3.25. The van der Waals surface area contributed by atoms with E-state index in [1.807, 2.05) is 12.1 Å². The molecule has 102 valence electrons. The van der Waals surface area contributed by atoms with E-state index in [9.17, 15) is 9.59 Å². The smallest absolute Gasteiger partial charge is 0.258 e. The molecule has 0 saturated carbocycles. The molecule has 0 unspecified atom stereocenters. The van der Waals surface area contributed by atoms with Crippen molar-refractivity contribution >= 4 is 23.2 Å². The van der Waals surface area contributed by atoms with Gasteiger partial charge < -0.3 is 14.6 Å². The number of benzene rings is 1. The van der Waals surface area contributed by atoms with Crippen LogP contribution in [0.4, 0.5) is 11.4 Å². The zero-order valence-electron chi connectivity index (χ0n) is 10.8. The lowest BCUT2D eigenvalue weighted by Crippen LogP contribution is -2.23. The molecule has 1 aromatic heterocycles. The van der Waals surface area contributed by atoms with Crippen molar-refractivity contribution < 1.29 is 14.0 Å². The summed E-state index contributed by atoms with van der Waals surface area (Å²) in [6, 6.07) is 8.87. The van der Waals surface area contributed by atoms with Crippen LogP contribution in [-0.2, 0) is 4.79 Å². The van der Waals surface area contributed by atoms with Crippen molar-refractivity contribution in [3.05, 3.63) is 48.4 Å². The lowest BCUT2D eigenvalue weighted by atomic mass is 10.2. The van der Waals surface area contributed by atoms with E-state index in [0.29, 0.717) is 17.7 Å². The average molecular weight is 270 g/mol. The third kappa shape index (κ3) is 2.42. The third-order valence-electron chi connectivity index (χ3n) is 3.29. The quantitative estimate of drug-likeness (QED) is 0.932. The predicted molar refractivity (Wildman–Crippen MR) is 74.7 cm³/mol. The highest BCUT2D eigenvalue weighted by molar-refractivity contribution is 6.04. The Balaban J connectivity index is 1.70. The van der Waals surface area contributed by atoms with Gasteiger partial charge in [-0.25, -0.2) is 0 Å². The number of anilines is 2. The maximum atomic E-state index is 11.8. The van der Waals surface area contributed by atoms with Crippen molar-refractivity contribution in [2.45, 2.75) is 12.8 Å². The number of nitrogens with zero attached hydrogens (tertiary/aromatic N) is 1. The topological polar surface area (TPSA) is 62.6 Å². The van der Waals surface area contributed by atoms with Gasteiger partial charge in [0.2, 0.25) is 5.91 Å². The first-order valence-corrected chi connectivity index (χ1v) is 6.48. The van der Waals surface area contributed by atoms with Crippen molar-refractivity contribution in [3.8, 4) is 0 Å². The van der Waals surface area contributed by atoms with E-state index in [0.717, 1.165) is 18.7 Å². The van der Waals surface area contributed by atoms with E-state index in [1.165, 1.54) is 12.5 Å². The second-order valence-corrected chi connectivity index (χ2v) is 4.66. The fraction of sp³-hybridized carbons (Fsp3) is 0.200. The van der Waals surface area contributed by atoms with Gasteiger partial charge in [0.15, 0.2) is 0 Å². The summed E-state index contributed by atoms with van der Waals surface area (Å²) < 4.78 is 4.87. The predicted octanol–water partition coefficient (Wildman–Crippen LogP) is 2.66. The van der Waals surface area contributed by atoms with Crippen molar-refractivity contribution in [2.24, 2.45) is 0 Å². The molecule has 1 fully saturated rings. The summed E-state index contributed by atoms with van der Waals surface area (Å²) in [6.45, 7) is 0.763. The second kappa shape index (κ2) is 5.21. The molecule has 0 spiro atoms. The molecule has 2 amide bonds. The zero-order chi connectivity index (χ0) is 13.9. The monoisotopic (exact) mass is 270 g/mol. The molecule has 2 aromatic rings. The van der Waals surface area contributed by atoms with Crippen molar-refractivity contribution in [3.63, 3.8) is 0 Å². The van der Waals surface area contributed by atoms with Crippen LogP contribution in [0.3, 0.4) is 0 Å². The first-order chi connectivity index (χ1) is 9.74. The molecule has 1 N–H and O–H groups in total. The lowest BCUT2D eigenvalue weighted by Gasteiger charge is -2.16. The Morgan fingerprint density at radius 2 is 2.00 bits per heavy atom. The number of rotatable bonds is 3. The minimum atomic E-state index is -0.219. The number of hydrogen-bond acceptors (Lipinski definition) is 3. The van der Waals surface area contributed by atoms with Crippen LogP contribution >= 0.6 is 0 Å². The summed E-state index contributed by atoms with van der Waals surface area (Å²) in [5.41, 5.74) is 2.03. The fourth-order valence-corrected chi connectivity index (χ4v) is 2.24. The highest BCUT2D eigenvalue weighted by Crippen LogP contribution is 2.23. The van der Waals surface area contributed by atoms with Crippen LogP contribution < -0.4 is 10.2 Å². The number of carbonyl (C=O) groups excluding carboxylic acids is 2. The average Bonchev–Trinajstić information content (AvgIpc) is 3.11. The number of carbonyl (C=O) groups is 2. The third-order valence-corrected chi connectivity index (χ3v) is 3.29. The van der Waals surface area contributed by atoms with E-state index in [-0.39, 0.29) is 11.8 Å². The minimum absolute atomic E-state index is 0.153. The van der Waals surface area contributed by atoms with E-state index in [1.54, 1.807) is 23.1 Å². The standard InChI is InChI=1S/C15H14N2O3/c18-14-2-1-8-17(14)13-5-3-12(4-6-13)16-15(19)11-7-9-20-10-11/h3-7,9-10H,1-2,8H2,(H,16,19). The van der Waals surface area contributed by atoms with Crippen LogP contribution in [0.25, 0.3) is 0 Å². The van der Waals surface area contributed by atoms with Gasteiger partial charge in [0.05, 0.1) is 11.8 Å². The molecule has 20 heavy (non-hydrogen) atoms. The highest BCUT2D eigenvalue weighted by Gasteiger charge is 2.21. The Bertz CT molecular complexity index is 617. The SMILES string of the molecule is O=C(Nc1ccc(N2CCCC2=O)cc1)c1ccoc1. The molecule has 5 heteroatoms. The Hall–Kier alpha value is -2.56. The van der Waals surface area contributed by atoms with Crippen LogP contribution in [0.5, 0.6) is 0 Å². The van der Waals surface area contributed by atoms with Gasteiger partial charge in [-0.05, 0) is 36.8 Å². The van der Waals surface area contributed by atoms with Crippen molar-refractivity contribution in [1.82, 2.24) is 0 Å². The van der Waals surface area contributed by atoms with Crippen LogP contribution in [-0.4, -0.2) is 18.4 Å². The van der Waals surface area contributed by atoms with E-state index < -0.39 is 0 Å². The summed E-state index contributed by atoms with van der Waals surface area (Å²) in [7, 11) is 0. The number of hydrogen-bond donors (Lipinski definition) is 1. The maximum Gasteiger partial charge on any atom is 0.258 e. The lowest BCUT2D eigenvalue weighted by molar-refractivity contribution is -0.117. The van der Waals surface area contributed by atoms with Crippen LogP contribution in [0.15, 0.2) is 47.3 Å². The molecule has 1 saturated heterocycles. The summed E-state index contributed by atoms with van der Waals surface area (Å²) in [5, 5.41) is 2.77. The highest BCUT2D eigenvalue weighted by atomic mass is 16.3. The number of amides is 2. The molecule has 5 nitrogen and oxygen atoms in total. The van der Waals surface area contributed by atoms with E-state index in [2.05, 4.69) is 5.32 Å². The summed E-state index contributed by atoms with van der Waals surface area (Å²) >= 11 is 0. The van der Waals surface area contributed by atoms with E-state index in [4.69, 9.17) is 4.42 Å². The van der Waals surface area contributed by atoms with E-state index >= 15 is 0 Å². The van der Waals surface area contributed by atoms with Gasteiger partial charge in [-0.15, -0.1) is 0 Å². The maximum absolute atomic E-state index is 11.8. The van der Waals surface area contributed by atoms with Gasteiger partial charge in [0.25, 0.3) is 5.91 Å². The van der Waals surface area contributed by atoms with Crippen LogP contribution in [0.1, 0.15) is 23.2 Å². The molecule has 0 bridgehead atoms. The molecule has 1 aromatic carbocycles. The molecule has 1 aliphatic rings. The summed E-state index contributed by atoms with van der Waals surface area (Å²) in [5.74, 6) is -0.0658. The van der Waals surface area contributed by atoms with Crippen LogP contribution in [0.2, 0.25) is 0 Å². The normalized spacial score (nSPS) is 14.6. The Morgan fingerprint density at radius 3 is 2.60 bits per heavy atom. The molecule has 0 aliphatic carbocycles. The van der Waals surface area contributed by atoms with Gasteiger partial charge in [-0.2, -0.15) is 0 Å². The van der Waals surface area contributed by atoms with Gasteiger partial charge in [-0.1, -0.05) is 0 Å². The van der Waals surface area contributed by atoms with Gasteiger partial charge in [-0.3, -0.25) is 9.59 Å². The van der Waals surface area contributed by atoms with Gasteiger partial charge in [0.1, 0.15) is 6.26 Å². The van der Waals surface area contributed by atoms with Gasteiger partial charge in [0, 0.05) is 24.3 Å². The molecular formula is C15H14N2O3. The minimum Gasteiger partial charge on any atom is -0.472 e. The first kappa shape index (κ1) is 12.5. The first-order valence-electron chi connectivity index (χ1n) is 6.48. The summed E-state index contributed by atoms with van der Waals surface area (Å²) in [4.78, 5) is 25.2. The molecular weight excluding hydrogens is 256 g/mol. The van der Waals surface area contributed by atoms with Crippen molar-refractivity contribution in [2.75, 3.05) is 16.8 Å². The van der Waals surface area contributed by atoms with Gasteiger partial charge >= 0.3 is 0 Å². The Morgan fingerprint density at radius 1 is 1.20 bits per heavy atom. The summed E-state index contributed by atoms with van der Waals surface area (Å²) in [6.07, 6.45) is 4.36. The van der Waals surface area contributed by atoms with Crippen molar-refractivity contribution in [1.29, 1.82) is 0 Å². The molecule has 1 aliphatic heterocycles. The largest absolute Gasteiger partial charge is 0.472 e. The fourth-order valence-electron chi connectivity index (χ4n) is 2.24. The second-order valence-electron chi connectivity index (χ2n) is 4.66. The number of nitrogens with one attached hydrogen (secondary N) is 1.